The van der Waals surface area contributed by atoms with Crippen LogP contribution >= 0.6 is 0 Å². The number of hydrogen-bond donors (Lipinski definition) is 1. The second-order valence-electron chi connectivity index (χ2n) is 10.3. The molecular weight excluding hydrogens is 396 g/mol. The molecule has 1 aliphatic rings. The Balaban J connectivity index is 1.56. The number of alkyl carbamates (subject to hydrolysis) is 1. The molecule has 1 atom stereocenters. The molecule has 1 saturated heterocycles. The van der Waals surface area contributed by atoms with Crippen molar-refractivity contribution in [3.05, 3.63) is 24.5 Å². The zero-order valence-electron chi connectivity index (χ0n) is 19.2. The maximum atomic E-state index is 12.0. The first-order valence-corrected chi connectivity index (χ1v) is 14.5. The molecule has 1 aromatic heterocycles. The normalized spacial score (nSPS) is 17.5. The Kier molecular flexibility index (Phi) is 6.77. The Labute approximate surface area is 180 Å². The van der Waals surface area contributed by atoms with Gasteiger partial charge in [-0.25, -0.2) is 9.78 Å². The van der Waals surface area contributed by atoms with Crippen LogP contribution in [0, 0.1) is 0 Å². The van der Waals surface area contributed by atoms with Crippen LogP contribution in [0.2, 0.25) is 25.7 Å². The lowest BCUT2D eigenvalue weighted by Crippen LogP contribution is -2.40. The molecule has 1 aliphatic heterocycles. The van der Waals surface area contributed by atoms with Gasteiger partial charge in [-0.15, -0.1) is 0 Å². The van der Waals surface area contributed by atoms with Gasteiger partial charge in [0.1, 0.15) is 12.3 Å². The fourth-order valence-electron chi connectivity index (χ4n) is 3.48. The van der Waals surface area contributed by atoms with Gasteiger partial charge >= 0.3 is 6.09 Å². The number of carbonyl (C=O) groups excluding carboxylic acids is 1. The van der Waals surface area contributed by atoms with E-state index in [0.717, 1.165) is 48.9 Å². The lowest BCUT2D eigenvalue weighted by Gasteiger charge is -2.22. The molecule has 0 bridgehead atoms. The summed E-state index contributed by atoms with van der Waals surface area (Å²) in [6, 6.07) is 7.60. The minimum Gasteiger partial charge on any atom is -0.444 e. The predicted molar refractivity (Wildman–Crippen MR) is 124 cm³/mol. The molecular formula is C22H36N4O3Si. The van der Waals surface area contributed by atoms with Crippen LogP contribution in [0.1, 0.15) is 27.2 Å². The van der Waals surface area contributed by atoms with E-state index < -0.39 is 13.7 Å². The van der Waals surface area contributed by atoms with E-state index in [0.29, 0.717) is 6.73 Å². The van der Waals surface area contributed by atoms with Crippen molar-refractivity contribution in [1.29, 1.82) is 0 Å². The summed E-state index contributed by atoms with van der Waals surface area (Å²) in [5.41, 5.74) is 2.69. The largest absolute Gasteiger partial charge is 0.444 e. The number of imidazole rings is 1. The van der Waals surface area contributed by atoms with Crippen molar-refractivity contribution >= 4 is 30.9 Å². The van der Waals surface area contributed by atoms with Crippen LogP contribution in [-0.2, 0) is 16.2 Å². The Bertz CT molecular complexity index is 869. The van der Waals surface area contributed by atoms with Gasteiger partial charge in [0, 0.05) is 33.5 Å². The SMILES string of the molecule is CC(C)(C)OC(=O)NC1CCN(c2ccc3c(c2)ncn3COCC[Si](C)(C)C)C1. The average molecular weight is 433 g/mol. The molecule has 2 heterocycles. The van der Waals surface area contributed by atoms with Crippen molar-refractivity contribution in [2.24, 2.45) is 0 Å². The average Bonchev–Trinajstić information content (AvgIpc) is 3.22. The van der Waals surface area contributed by atoms with Crippen LogP contribution in [0.5, 0.6) is 0 Å². The van der Waals surface area contributed by atoms with E-state index in [2.05, 4.69) is 57.6 Å². The molecule has 3 rings (SSSR count). The van der Waals surface area contributed by atoms with Crippen LogP contribution in [0.4, 0.5) is 10.5 Å². The first-order chi connectivity index (χ1) is 14.0. The number of ether oxygens (including phenoxy) is 2. The molecule has 1 N–H and O–H groups in total. The van der Waals surface area contributed by atoms with Crippen molar-refractivity contribution in [3.63, 3.8) is 0 Å². The van der Waals surface area contributed by atoms with E-state index in [1.165, 1.54) is 0 Å². The molecule has 7 nitrogen and oxygen atoms in total. The van der Waals surface area contributed by atoms with E-state index in [1.807, 2.05) is 27.1 Å². The van der Waals surface area contributed by atoms with E-state index in [9.17, 15) is 4.79 Å². The molecule has 1 unspecified atom stereocenters. The summed E-state index contributed by atoms with van der Waals surface area (Å²) in [5.74, 6) is 0. The van der Waals surface area contributed by atoms with E-state index >= 15 is 0 Å². The lowest BCUT2D eigenvalue weighted by atomic mass is 10.2. The summed E-state index contributed by atoms with van der Waals surface area (Å²) in [6.07, 6.45) is 2.40. The topological polar surface area (TPSA) is 68.6 Å². The first-order valence-electron chi connectivity index (χ1n) is 10.8. The minimum absolute atomic E-state index is 0.0906. The van der Waals surface area contributed by atoms with Crippen molar-refractivity contribution in [3.8, 4) is 0 Å². The van der Waals surface area contributed by atoms with Crippen molar-refractivity contribution in [1.82, 2.24) is 14.9 Å². The number of nitrogens with one attached hydrogen (secondary N) is 1. The molecule has 1 fully saturated rings. The first kappa shape index (κ1) is 22.6. The third-order valence-corrected chi connectivity index (χ3v) is 6.81. The minimum atomic E-state index is -1.07. The second kappa shape index (κ2) is 8.97. The molecule has 166 valence electrons. The fourth-order valence-corrected chi connectivity index (χ4v) is 4.24. The van der Waals surface area contributed by atoms with Crippen LogP contribution < -0.4 is 10.2 Å². The van der Waals surface area contributed by atoms with E-state index in [4.69, 9.17) is 9.47 Å². The number of nitrogens with zero attached hydrogens (tertiary/aromatic N) is 3. The summed E-state index contributed by atoms with van der Waals surface area (Å²) >= 11 is 0. The highest BCUT2D eigenvalue weighted by atomic mass is 28.3. The Morgan fingerprint density at radius 3 is 2.77 bits per heavy atom. The highest BCUT2D eigenvalue weighted by Gasteiger charge is 2.26. The number of hydrogen-bond acceptors (Lipinski definition) is 5. The van der Waals surface area contributed by atoms with Crippen molar-refractivity contribution in [2.75, 3.05) is 24.6 Å². The number of benzene rings is 1. The number of carbonyl (C=O) groups is 1. The number of aromatic nitrogens is 2. The zero-order chi connectivity index (χ0) is 21.9. The number of amides is 1. The Morgan fingerprint density at radius 2 is 2.07 bits per heavy atom. The van der Waals surface area contributed by atoms with Crippen LogP contribution in [0.3, 0.4) is 0 Å². The molecule has 0 spiro atoms. The monoisotopic (exact) mass is 432 g/mol. The molecule has 2 aromatic rings. The van der Waals surface area contributed by atoms with Gasteiger partial charge < -0.3 is 24.3 Å². The van der Waals surface area contributed by atoms with Gasteiger partial charge in [-0.2, -0.15) is 0 Å². The van der Waals surface area contributed by atoms with Crippen LogP contribution in [0.25, 0.3) is 11.0 Å². The Morgan fingerprint density at radius 1 is 1.30 bits per heavy atom. The maximum Gasteiger partial charge on any atom is 0.407 e. The fraction of sp³-hybridized carbons (Fsp3) is 0.636. The summed E-state index contributed by atoms with van der Waals surface area (Å²) in [4.78, 5) is 18.9. The van der Waals surface area contributed by atoms with Gasteiger partial charge in [-0.3, -0.25) is 0 Å². The van der Waals surface area contributed by atoms with Crippen LogP contribution in [-0.4, -0.2) is 55.1 Å². The molecule has 0 aliphatic carbocycles. The van der Waals surface area contributed by atoms with Gasteiger partial charge in [0.2, 0.25) is 0 Å². The number of rotatable bonds is 7. The smallest absolute Gasteiger partial charge is 0.407 e. The van der Waals surface area contributed by atoms with Gasteiger partial charge in [0.05, 0.1) is 23.4 Å². The molecule has 0 saturated carbocycles. The molecule has 1 aromatic carbocycles. The number of fused-ring (bicyclic) bond motifs is 1. The second-order valence-corrected chi connectivity index (χ2v) is 15.9. The van der Waals surface area contributed by atoms with E-state index in [1.54, 1.807) is 0 Å². The number of anilines is 1. The molecule has 8 heteroatoms. The molecule has 0 radical (unpaired) electrons. The van der Waals surface area contributed by atoms with Gasteiger partial charge in [-0.1, -0.05) is 19.6 Å². The lowest BCUT2D eigenvalue weighted by molar-refractivity contribution is 0.0509. The van der Waals surface area contributed by atoms with Gasteiger partial charge in [0.15, 0.2) is 0 Å². The van der Waals surface area contributed by atoms with Gasteiger partial charge in [0.25, 0.3) is 0 Å². The van der Waals surface area contributed by atoms with E-state index in [-0.39, 0.29) is 12.1 Å². The quantitative estimate of drug-likeness (QED) is 0.517. The molecule has 1 amide bonds. The van der Waals surface area contributed by atoms with Gasteiger partial charge in [-0.05, 0) is 51.4 Å². The highest BCUT2D eigenvalue weighted by molar-refractivity contribution is 6.76. The third-order valence-electron chi connectivity index (χ3n) is 5.11. The summed E-state index contributed by atoms with van der Waals surface area (Å²) < 4.78 is 13.3. The highest BCUT2D eigenvalue weighted by Crippen LogP contribution is 2.25. The summed E-state index contributed by atoms with van der Waals surface area (Å²) in [5, 5.41) is 2.98. The zero-order valence-corrected chi connectivity index (χ0v) is 20.2. The molecule has 30 heavy (non-hydrogen) atoms. The van der Waals surface area contributed by atoms with Crippen molar-refractivity contribution in [2.45, 2.75) is 71.3 Å². The standard InChI is InChI=1S/C22H36N4O3Si/c1-22(2,3)29-21(27)24-17-9-10-25(14-17)18-7-8-20-19(13-18)23-15-26(20)16-28-11-12-30(4,5)6/h7-8,13,15,17H,9-12,14,16H2,1-6H3,(H,24,27). The van der Waals surface area contributed by atoms with Crippen LogP contribution in [0.15, 0.2) is 24.5 Å². The third kappa shape index (κ3) is 6.47. The summed E-state index contributed by atoms with van der Waals surface area (Å²) in [7, 11) is -1.07. The maximum absolute atomic E-state index is 12.0. The summed E-state index contributed by atoms with van der Waals surface area (Å²) in [6.45, 7) is 15.7. The Hall–Kier alpha value is -2.06. The van der Waals surface area contributed by atoms with Crippen molar-refractivity contribution < 1.29 is 14.3 Å². The predicted octanol–water partition coefficient (Wildman–Crippen LogP) is 4.45.